The summed E-state index contributed by atoms with van der Waals surface area (Å²) in [6, 6.07) is 12.6. The Hall–Kier alpha value is -3.32. The summed E-state index contributed by atoms with van der Waals surface area (Å²) in [7, 11) is 5.03. The van der Waals surface area contributed by atoms with Gasteiger partial charge in [0.25, 0.3) is 5.56 Å². The highest BCUT2D eigenvalue weighted by atomic mass is 32.1. The number of hydrogen-bond donors (Lipinski definition) is 0. The van der Waals surface area contributed by atoms with E-state index in [4.69, 9.17) is 19.2 Å². The van der Waals surface area contributed by atoms with Crippen LogP contribution in [-0.4, -0.2) is 30.9 Å². The van der Waals surface area contributed by atoms with Crippen LogP contribution in [0, 0.1) is 11.8 Å². The predicted molar refractivity (Wildman–Crippen MR) is 158 cm³/mol. The summed E-state index contributed by atoms with van der Waals surface area (Å²) >= 11 is 1.76. The quantitative estimate of drug-likeness (QED) is 0.279. The molecule has 3 aliphatic rings. The Bertz CT molecular complexity index is 1670. The molecule has 0 unspecified atom stereocenters. The number of ether oxygens (including phenoxy) is 3. The third kappa shape index (κ3) is 3.80. The Morgan fingerprint density at radius 2 is 1.90 bits per heavy atom. The summed E-state index contributed by atoms with van der Waals surface area (Å²) in [5.74, 6) is 4.20. The van der Waals surface area contributed by atoms with Crippen LogP contribution in [0.15, 0.2) is 47.5 Å². The van der Waals surface area contributed by atoms with Gasteiger partial charge in [-0.2, -0.15) is 0 Å². The third-order valence-corrected chi connectivity index (χ3v) is 11.3. The first-order chi connectivity index (χ1) is 19.4. The van der Waals surface area contributed by atoms with Gasteiger partial charge in [0.15, 0.2) is 11.5 Å². The van der Waals surface area contributed by atoms with Crippen molar-refractivity contribution in [2.24, 2.45) is 11.8 Å². The van der Waals surface area contributed by atoms with Crippen molar-refractivity contribution in [2.75, 3.05) is 21.3 Å². The molecule has 40 heavy (non-hydrogen) atoms. The second kappa shape index (κ2) is 9.65. The van der Waals surface area contributed by atoms with Crippen LogP contribution in [0.25, 0.3) is 10.2 Å². The van der Waals surface area contributed by atoms with Gasteiger partial charge in [0, 0.05) is 11.4 Å². The first kappa shape index (κ1) is 25.6. The Morgan fingerprint density at radius 1 is 1.05 bits per heavy atom. The van der Waals surface area contributed by atoms with Gasteiger partial charge in [0.05, 0.1) is 33.0 Å². The maximum Gasteiger partial charge on any atom is 0.262 e. The second-order valence-electron chi connectivity index (χ2n) is 11.9. The number of nitrogens with zero attached hydrogens (tertiary/aromatic N) is 2. The van der Waals surface area contributed by atoms with Crippen molar-refractivity contribution in [1.82, 2.24) is 9.55 Å². The first-order valence-corrected chi connectivity index (χ1v) is 15.2. The molecule has 1 saturated carbocycles. The van der Waals surface area contributed by atoms with E-state index in [9.17, 15) is 4.79 Å². The Kier molecular flexibility index (Phi) is 6.19. The minimum Gasteiger partial charge on any atom is -0.497 e. The lowest BCUT2D eigenvalue weighted by Gasteiger charge is -2.49. The fourth-order valence-electron chi connectivity index (χ4n) is 8.16. The van der Waals surface area contributed by atoms with Crippen LogP contribution >= 0.6 is 11.3 Å². The average Bonchev–Trinajstić information content (AvgIpc) is 3.50. The van der Waals surface area contributed by atoms with Gasteiger partial charge in [-0.3, -0.25) is 9.36 Å². The van der Waals surface area contributed by atoms with Gasteiger partial charge >= 0.3 is 0 Å². The van der Waals surface area contributed by atoms with Crippen molar-refractivity contribution in [1.29, 1.82) is 0 Å². The molecule has 4 aromatic rings. The zero-order valence-electron chi connectivity index (χ0n) is 23.7. The zero-order chi connectivity index (χ0) is 27.6. The van der Waals surface area contributed by atoms with E-state index in [0.29, 0.717) is 42.2 Å². The number of hydrogen-bond acceptors (Lipinski definition) is 6. The molecule has 0 saturated heterocycles. The molecule has 0 radical (unpaired) electrons. The highest BCUT2D eigenvalue weighted by Gasteiger charge is 2.54. The molecule has 0 bridgehead atoms. The Balaban J connectivity index is 1.19. The maximum atomic E-state index is 14.0. The van der Waals surface area contributed by atoms with E-state index in [0.717, 1.165) is 40.8 Å². The third-order valence-electron chi connectivity index (χ3n) is 10.1. The van der Waals surface area contributed by atoms with E-state index < -0.39 is 0 Å². The first-order valence-electron chi connectivity index (χ1n) is 14.3. The molecule has 0 aliphatic heterocycles. The van der Waals surface area contributed by atoms with Crippen molar-refractivity contribution < 1.29 is 14.2 Å². The van der Waals surface area contributed by atoms with Gasteiger partial charge in [-0.15, -0.1) is 11.3 Å². The van der Waals surface area contributed by atoms with Crippen LogP contribution in [0.2, 0.25) is 0 Å². The van der Waals surface area contributed by atoms with E-state index in [2.05, 4.69) is 25.1 Å². The summed E-state index contributed by atoms with van der Waals surface area (Å²) in [4.78, 5) is 21.1. The topological polar surface area (TPSA) is 62.6 Å². The number of benzene rings is 2. The van der Waals surface area contributed by atoms with Crippen molar-refractivity contribution in [3.63, 3.8) is 0 Å². The van der Waals surface area contributed by atoms with Gasteiger partial charge in [0.2, 0.25) is 0 Å². The maximum absolute atomic E-state index is 14.0. The average molecular weight is 557 g/mol. The van der Waals surface area contributed by atoms with Gasteiger partial charge in [-0.25, -0.2) is 4.98 Å². The molecule has 2 aromatic carbocycles. The lowest BCUT2D eigenvalue weighted by molar-refractivity contribution is 0.106. The van der Waals surface area contributed by atoms with Crippen molar-refractivity contribution in [2.45, 2.75) is 63.3 Å². The number of rotatable bonds is 6. The SMILES string of the molecule is COc1ccc2c(c1)CC[C@@H]1[C@@H]2CC[C@]2(C)c3c(sc4ncn(CCc5ccc(OC)c(OC)c5)c(=O)c34)C[C@H]12. The molecule has 0 N–H and O–H groups in total. The minimum absolute atomic E-state index is 0.0299. The Morgan fingerprint density at radius 3 is 2.70 bits per heavy atom. The van der Waals surface area contributed by atoms with Crippen LogP contribution in [-0.2, 0) is 31.2 Å². The molecule has 7 rings (SSSR count). The molecule has 2 aromatic heterocycles. The summed E-state index contributed by atoms with van der Waals surface area (Å²) in [6.45, 7) is 3.02. The van der Waals surface area contributed by atoms with Crippen molar-refractivity contribution in [3.8, 4) is 17.2 Å². The van der Waals surface area contributed by atoms with Crippen LogP contribution in [0.3, 0.4) is 0 Å². The summed E-state index contributed by atoms with van der Waals surface area (Å²) in [5, 5.41) is 0.874. The zero-order valence-corrected chi connectivity index (χ0v) is 24.5. The number of methoxy groups -OCH3 is 3. The smallest absolute Gasteiger partial charge is 0.262 e. The number of thiophene rings is 1. The molecule has 3 aliphatic carbocycles. The van der Waals surface area contributed by atoms with Gasteiger partial charge in [-0.05, 0) is 108 Å². The van der Waals surface area contributed by atoms with E-state index in [1.54, 1.807) is 43.6 Å². The highest BCUT2D eigenvalue weighted by Crippen LogP contribution is 2.62. The second-order valence-corrected chi connectivity index (χ2v) is 13.0. The van der Waals surface area contributed by atoms with Crippen LogP contribution in [0.1, 0.15) is 59.2 Å². The summed E-state index contributed by atoms with van der Waals surface area (Å²) in [6.07, 6.45) is 8.13. The van der Waals surface area contributed by atoms with Crippen molar-refractivity contribution in [3.05, 3.63) is 80.2 Å². The monoisotopic (exact) mass is 556 g/mol. The predicted octanol–water partition coefficient (Wildman–Crippen LogP) is 6.30. The largest absolute Gasteiger partial charge is 0.497 e. The molecule has 0 amide bonds. The molecular formula is C33H36N2O4S. The standard InChI is InChI=1S/C33H36N2O4S/c1-33-13-11-23-22-9-7-21(37-2)16-20(22)6-8-24(23)25(33)17-28-30(33)29-31(40-28)34-18-35(32(29)36)14-12-19-5-10-26(38-3)27(15-19)39-4/h5,7,9-10,15-16,18,23-25H,6,8,11-14,17H2,1-4H3/t23-,24-,25-,33+/m1/s1. The normalized spacial score (nSPS) is 24.6. The molecule has 6 nitrogen and oxygen atoms in total. The van der Waals surface area contributed by atoms with Crippen LogP contribution < -0.4 is 19.8 Å². The van der Waals surface area contributed by atoms with E-state index >= 15 is 0 Å². The van der Waals surface area contributed by atoms with Crippen LogP contribution in [0.5, 0.6) is 17.2 Å². The molecule has 7 heteroatoms. The van der Waals surface area contributed by atoms with E-state index in [1.807, 2.05) is 18.2 Å². The molecule has 2 heterocycles. The van der Waals surface area contributed by atoms with Gasteiger partial charge in [-0.1, -0.05) is 19.1 Å². The Labute approximate surface area is 238 Å². The van der Waals surface area contributed by atoms with Crippen LogP contribution in [0.4, 0.5) is 0 Å². The van der Waals surface area contributed by atoms with E-state index in [1.165, 1.54) is 34.4 Å². The van der Waals surface area contributed by atoms with E-state index in [-0.39, 0.29) is 11.0 Å². The molecule has 1 fully saturated rings. The van der Waals surface area contributed by atoms with Gasteiger partial charge in [0.1, 0.15) is 10.6 Å². The minimum atomic E-state index is 0.0299. The number of aromatic nitrogens is 2. The number of fused-ring (bicyclic) bond motifs is 9. The fourth-order valence-corrected chi connectivity index (χ4v) is 9.48. The van der Waals surface area contributed by atoms with Gasteiger partial charge < -0.3 is 14.2 Å². The number of aryl methyl sites for hydroxylation is 3. The highest BCUT2D eigenvalue weighted by molar-refractivity contribution is 7.18. The summed E-state index contributed by atoms with van der Waals surface area (Å²) in [5.41, 5.74) is 5.54. The molecule has 208 valence electrons. The molecular weight excluding hydrogens is 520 g/mol. The fraction of sp³-hybridized carbons (Fsp3) is 0.455. The lowest BCUT2D eigenvalue weighted by Crippen LogP contribution is -2.43. The van der Waals surface area contributed by atoms with Crippen molar-refractivity contribution >= 4 is 21.6 Å². The lowest BCUT2D eigenvalue weighted by atomic mass is 9.55. The summed E-state index contributed by atoms with van der Waals surface area (Å²) < 4.78 is 18.2. The molecule has 4 atom stereocenters. The molecule has 0 spiro atoms.